The Morgan fingerprint density at radius 3 is 2.94 bits per heavy atom. The lowest BCUT2D eigenvalue weighted by molar-refractivity contribution is 0.309. The Balaban J connectivity index is 1.90. The van der Waals surface area contributed by atoms with E-state index in [0.717, 1.165) is 35.8 Å². The standard InChI is InChI=1S/C14H20BrNO/c1-2-3-8-17-13-6-7-14(15)11(9-13)10-16-12-4-5-12/h6-7,9,12,16H,2-5,8,10H2,1H3. The van der Waals surface area contributed by atoms with E-state index in [1.54, 1.807) is 0 Å². The fourth-order valence-electron chi connectivity index (χ4n) is 1.65. The Morgan fingerprint density at radius 1 is 1.41 bits per heavy atom. The molecule has 1 N–H and O–H groups in total. The number of rotatable bonds is 7. The SMILES string of the molecule is CCCCOc1ccc(Br)c(CNC2CC2)c1. The zero-order valence-corrected chi connectivity index (χ0v) is 11.9. The summed E-state index contributed by atoms with van der Waals surface area (Å²) in [4.78, 5) is 0. The first-order chi connectivity index (χ1) is 8.29. The number of hydrogen-bond donors (Lipinski definition) is 1. The van der Waals surface area contributed by atoms with Crippen LogP contribution >= 0.6 is 15.9 Å². The molecule has 0 bridgehead atoms. The van der Waals surface area contributed by atoms with Crippen molar-refractivity contribution in [3.05, 3.63) is 28.2 Å². The first-order valence-electron chi connectivity index (χ1n) is 6.44. The van der Waals surface area contributed by atoms with E-state index in [0.29, 0.717) is 0 Å². The van der Waals surface area contributed by atoms with Gasteiger partial charge in [0.1, 0.15) is 5.75 Å². The van der Waals surface area contributed by atoms with Gasteiger partial charge in [0.2, 0.25) is 0 Å². The van der Waals surface area contributed by atoms with Gasteiger partial charge in [-0.3, -0.25) is 0 Å². The molecule has 0 spiro atoms. The van der Waals surface area contributed by atoms with Crippen LogP contribution in [0.15, 0.2) is 22.7 Å². The molecule has 2 nitrogen and oxygen atoms in total. The Morgan fingerprint density at radius 2 is 2.24 bits per heavy atom. The monoisotopic (exact) mass is 297 g/mol. The number of hydrogen-bond acceptors (Lipinski definition) is 2. The molecule has 1 aromatic rings. The summed E-state index contributed by atoms with van der Waals surface area (Å²) >= 11 is 3.59. The highest BCUT2D eigenvalue weighted by atomic mass is 79.9. The van der Waals surface area contributed by atoms with Crippen molar-refractivity contribution >= 4 is 15.9 Å². The smallest absolute Gasteiger partial charge is 0.119 e. The molecule has 17 heavy (non-hydrogen) atoms. The largest absolute Gasteiger partial charge is 0.494 e. The van der Waals surface area contributed by atoms with Crippen LogP contribution in [0.3, 0.4) is 0 Å². The van der Waals surface area contributed by atoms with Gasteiger partial charge >= 0.3 is 0 Å². The summed E-state index contributed by atoms with van der Waals surface area (Å²) < 4.78 is 6.88. The van der Waals surface area contributed by atoms with Gasteiger partial charge in [-0.15, -0.1) is 0 Å². The summed E-state index contributed by atoms with van der Waals surface area (Å²) in [7, 11) is 0. The van der Waals surface area contributed by atoms with Crippen LogP contribution in [-0.4, -0.2) is 12.6 Å². The third-order valence-corrected chi connectivity index (χ3v) is 3.72. The van der Waals surface area contributed by atoms with Gasteiger partial charge in [-0.05, 0) is 43.0 Å². The lowest BCUT2D eigenvalue weighted by atomic mass is 10.2. The van der Waals surface area contributed by atoms with E-state index in [2.05, 4.69) is 40.3 Å². The normalized spacial score (nSPS) is 14.9. The predicted molar refractivity (Wildman–Crippen MR) is 74.4 cm³/mol. The van der Waals surface area contributed by atoms with E-state index in [1.165, 1.54) is 24.8 Å². The van der Waals surface area contributed by atoms with Gasteiger partial charge in [0.15, 0.2) is 0 Å². The van der Waals surface area contributed by atoms with Crippen molar-refractivity contribution in [3.63, 3.8) is 0 Å². The minimum atomic E-state index is 0.742. The second-order valence-corrected chi connectivity index (χ2v) is 5.46. The average Bonchev–Trinajstić information content (AvgIpc) is 3.14. The Hall–Kier alpha value is -0.540. The third kappa shape index (κ3) is 4.32. The molecule has 94 valence electrons. The summed E-state index contributed by atoms with van der Waals surface area (Å²) in [5, 5.41) is 3.52. The first-order valence-corrected chi connectivity index (χ1v) is 7.23. The van der Waals surface area contributed by atoms with Gasteiger partial charge in [-0.1, -0.05) is 29.3 Å². The van der Waals surface area contributed by atoms with Crippen LogP contribution in [0.25, 0.3) is 0 Å². The van der Waals surface area contributed by atoms with Crippen LogP contribution in [0, 0.1) is 0 Å². The highest BCUT2D eigenvalue weighted by Gasteiger charge is 2.20. The summed E-state index contributed by atoms with van der Waals surface area (Å²) in [6.07, 6.45) is 4.94. The summed E-state index contributed by atoms with van der Waals surface area (Å²) in [5.41, 5.74) is 1.28. The maximum absolute atomic E-state index is 5.72. The molecular weight excluding hydrogens is 278 g/mol. The number of nitrogens with one attached hydrogen (secondary N) is 1. The Labute approximate surface area is 112 Å². The molecule has 1 aliphatic rings. The second kappa shape index (κ2) is 6.41. The van der Waals surface area contributed by atoms with Crippen molar-refractivity contribution in [3.8, 4) is 5.75 Å². The van der Waals surface area contributed by atoms with Gasteiger partial charge in [-0.2, -0.15) is 0 Å². The highest BCUT2D eigenvalue weighted by Crippen LogP contribution is 2.25. The van der Waals surface area contributed by atoms with Crippen molar-refractivity contribution in [2.24, 2.45) is 0 Å². The summed E-state index contributed by atoms with van der Waals surface area (Å²) in [5.74, 6) is 0.981. The molecular formula is C14H20BrNO. The van der Waals surface area contributed by atoms with E-state index in [4.69, 9.17) is 4.74 Å². The Bertz CT molecular complexity index is 363. The molecule has 0 heterocycles. The minimum absolute atomic E-state index is 0.742. The van der Waals surface area contributed by atoms with Gasteiger partial charge in [0.05, 0.1) is 6.61 Å². The molecule has 1 saturated carbocycles. The lowest BCUT2D eigenvalue weighted by Gasteiger charge is -2.10. The Kier molecular flexibility index (Phi) is 4.86. The number of halogens is 1. The number of unbranched alkanes of at least 4 members (excludes halogenated alkanes) is 1. The molecule has 0 amide bonds. The van der Waals surface area contributed by atoms with Crippen LogP contribution in [0.2, 0.25) is 0 Å². The van der Waals surface area contributed by atoms with Crippen LogP contribution < -0.4 is 10.1 Å². The molecule has 0 saturated heterocycles. The van der Waals surface area contributed by atoms with Crippen LogP contribution in [0.5, 0.6) is 5.75 Å². The van der Waals surface area contributed by atoms with Gasteiger partial charge in [0.25, 0.3) is 0 Å². The van der Waals surface area contributed by atoms with Gasteiger partial charge in [0, 0.05) is 17.1 Å². The molecule has 0 atom stereocenters. The molecule has 0 radical (unpaired) electrons. The van der Waals surface area contributed by atoms with Crippen molar-refractivity contribution in [1.82, 2.24) is 5.32 Å². The first kappa shape index (κ1) is 12.9. The van der Waals surface area contributed by atoms with E-state index >= 15 is 0 Å². The molecule has 0 unspecified atom stereocenters. The molecule has 1 fully saturated rings. The molecule has 2 rings (SSSR count). The van der Waals surface area contributed by atoms with Crippen molar-refractivity contribution in [1.29, 1.82) is 0 Å². The van der Waals surface area contributed by atoms with Crippen LogP contribution in [-0.2, 0) is 6.54 Å². The zero-order chi connectivity index (χ0) is 12.1. The topological polar surface area (TPSA) is 21.3 Å². The molecule has 0 aromatic heterocycles. The highest BCUT2D eigenvalue weighted by molar-refractivity contribution is 9.10. The summed E-state index contributed by atoms with van der Waals surface area (Å²) in [6.45, 7) is 3.92. The fourth-order valence-corrected chi connectivity index (χ4v) is 2.04. The van der Waals surface area contributed by atoms with E-state index in [1.807, 2.05) is 6.07 Å². The quantitative estimate of drug-likeness (QED) is 0.771. The lowest BCUT2D eigenvalue weighted by Crippen LogP contribution is -2.15. The van der Waals surface area contributed by atoms with Gasteiger partial charge in [-0.25, -0.2) is 0 Å². The van der Waals surface area contributed by atoms with Crippen LogP contribution in [0.4, 0.5) is 0 Å². The third-order valence-electron chi connectivity index (χ3n) is 2.94. The van der Waals surface area contributed by atoms with E-state index < -0.39 is 0 Å². The van der Waals surface area contributed by atoms with E-state index in [9.17, 15) is 0 Å². The number of benzene rings is 1. The van der Waals surface area contributed by atoms with Crippen molar-refractivity contribution < 1.29 is 4.74 Å². The zero-order valence-electron chi connectivity index (χ0n) is 10.3. The van der Waals surface area contributed by atoms with Crippen LogP contribution in [0.1, 0.15) is 38.2 Å². The minimum Gasteiger partial charge on any atom is -0.494 e. The maximum Gasteiger partial charge on any atom is 0.119 e. The van der Waals surface area contributed by atoms with Gasteiger partial charge < -0.3 is 10.1 Å². The molecule has 3 heteroatoms. The van der Waals surface area contributed by atoms with Crippen molar-refractivity contribution in [2.45, 2.75) is 45.2 Å². The molecule has 1 aromatic carbocycles. The average molecular weight is 298 g/mol. The molecule has 0 aliphatic heterocycles. The van der Waals surface area contributed by atoms with E-state index in [-0.39, 0.29) is 0 Å². The predicted octanol–water partition coefficient (Wildman–Crippen LogP) is 3.88. The second-order valence-electron chi connectivity index (χ2n) is 4.61. The summed E-state index contributed by atoms with van der Waals surface area (Å²) in [6, 6.07) is 6.98. The molecule has 1 aliphatic carbocycles. The van der Waals surface area contributed by atoms with Crippen molar-refractivity contribution in [2.75, 3.05) is 6.61 Å². The number of ether oxygens (including phenoxy) is 1. The maximum atomic E-state index is 5.72. The fraction of sp³-hybridized carbons (Fsp3) is 0.571.